The minimum Gasteiger partial charge on any atom is -0.370 e. The number of halogens is 3. The summed E-state index contributed by atoms with van der Waals surface area (Å²) in [6, 6.07) is 13.9. The van der Waals surface area contributed by atoms with Crippen molar-refractivity contribution in [2.24, 2.45) is 0 Å². The van der Waals surface area contributed by atoms with E-state index in [1.807, 2.05) is 31.2 Å². The summed E-state index contributed by atoms with van der Waals surface area (Å²) in [6.45, 7) is 3.78. The van der Waals surface area contributed by atoms with Crippen molar-refractivity contribution in [1.82, 2.24) is 10.3 Å². The Morgan fingerprint density at radius 1 is 1.03 bits per heavy atom. The summed E-state index contributed by atoms with van der Waals surface area (Å²) in [4.78, 5) is 17.0. The molecule has 0 aliphatic heterocycles. The molecule has 0 radical (unpaired) electrons. The lowest BCUT2D eigenvalue weighted by Crippen LogP contribution is -2.35. The highest BCUT2D eigenvalue weighted by molar-refractivity contribution is 5.86. The fraction of sp³-hybridized carbons (Fsp3) is 0.250. The number of hydrogen-bond acceptors (Lipinski definition) is 3. The van der Waals surface area contributed by atoms with E-state index in [2.05, 4.69) is 15.6 Å². The van der Waals surface area contributed by atoms with E-state index in [1.54, 1.807) is 37.5 Å². The Hall–Kier alpha value is -3.35. The van der Waals surface area contributed by atoms with Gasteiger partial charge >= 0.3 is 6.18 Å². The molecule has 0 fully saturated rings. The zero-order valence-electron chi connectivity index (χ0n) is 17.3. The molecule has 0 aliphatic rings. The van der Waals surface area contributed by atoms with E-state index >= 15 is 0 Å². The number of pyridine rings is 1. The predicted octanol–water partition coefficient (Wildman–Crippen LogP) is 5.23. The van der Waals surface area contributed by atoms with Gasteiger partial charge in [-0.1, -0.05) is 35.9 Å². The minimum absolute atomic E-state index is 0.129. The zero-order chi connectivity index (χ0) is 22.4. The van der Waals surface area contributed by atoms with Crippen molar-refractivity contribution in [2.45, 2.75) is 32.5 Å². The van der Waals surface area contributed by atoms with Gasteiger partial charge in [0.1, 0.15) is 6.04 Å². The molecule has 1 amide bonds. The molecule has 0 saturated heterocycles. The second kappa shape index (κ2) is 9.64. The summed E-state index contributed by atoms with van der Waals surface area (Å²) < 4.78 is 40.8. The summed E-state index contributed by atoms with van der Waals surface area (Å²) >= 11 is 0. The quantitative estimate of drug-likeness (QED) is 0.543. The standard InChI is InChI=1S/C24H24F3N3O/c1-16-7-8-21(20(15-16)24(25,26)27)30-22(19-6-4-3-5-17(19)2)23(31)29-14-11-18-9-12-28-13-10-18/h3-10,12-13,15,22,30H,11,14H2,1-2H3,(H,29,31). The highest BCUT2D eigenvalue weighted by Gasteiger charge is 2.35. The van der Waals surface area contributed by atoms with Crippen molar-refractivity contribution in [1.29, 1.82) is 0 Å². The molecule has 1 atom stereocenters. The predicted molar refractivity (Wildman–Crippen MR) is 115 cm³/mol. The fourth-order valence-electron chi connectivity index (χ4n) is 3.35. The Morgan fingerprint density at radius 3 is 2.42 bits per heavy atom. The third kappa shape index (κ3) is 5.84. The van der Waals surface area contributed by atoms with Gasteiger partial charge in [-0.3, -0.25) is 9.78 Å². The van der Waals surface area contributed by atoms with Gasteiger partial charge in [0, 0.05) is 24.6 Å². The van der Waals surface area contributed by atoms with Crippen LogP contribution < -0.4 is 10.6 Å². The Kier molecular flexibility index (Phi) is 6.95. The number of alkyl halides is 3. The Morgan fingerprint density at radius 2 is 1.74 bits per heavy atom. The van der Waals surface area contributed by atoms with Gasteiger partial charge in [-0.15, -0.1) is 0 Å². The molecule has 0 aliphatic carbocycles. The Labute approximate surface area is 179 Å². The third-order valence-corrected chi connectivity index (χ3v) is 5.00. The molecule has 31 heavy (non-hydrogen) atoms. The molecule has 2 N–H and O–H groups in total. The second-order valence-electron chi connectivity index (χ2n) is 7.38. The van der Waals surface area contributed by atoms with E-state index in [0.29, 0.717) is 24.1 Å². The van der Waals surface area contributed by atoms with Crippen molar-refractivity contribution in [2.75, 3.05) is 11.9 Å². The maximum absolute atomic E-state index is 13.6. The van der Waals surface area contributed by atoms with Crippen molar-refractivity contribution >= 4 is 11.6 Å². The van der Waals surface area contributed by atoms with Crippen LogP contribution in [0.15, 0.2) is 67.0 Å². The molecular formula is C24H24F3N3O. The molecule has 7 heteroatoms. The number of nitrogens with one attached hydrogen (secondary N) is 2. The second-order valence-corrected chi connectivity index (χ2v) is 7.38. The van der Waals surface area contributed by atoms with Gasteiger partial charge in [0.25, 0.3) is 0 Å². The Bertz CT molecular complexity index is 1040. The topological polar surface area (TPSA) is 54.0 Å². The molecule has 1 aromatic heterocycles. The average molecular weight is 427 g/mol. The lowest BCUT2D eigenvalue weighted by molar-refractivity contribution is -0.137. The van der Waals surface area contributed by atoms with Crippen LogP contribution in [0, 0.1) is 13.8 Å². The number of benzene rings is 2. The summed E-state index contributed by atoms with van der Waals surface area (Å²) in [5, 5.41) is 5.69. The minimum atomic E-state index is -4.54. The van der Waals surface area contributed by atoms with E-state index in [-0.39, 0.29) is 5.69 Å². The SMILES string of the molecule is Cc1ccc(NC(C(=O)NCCc2ccncc2)c2ccccc2C)c(C(F)(F)F)c1. The Balaban J connectivity index is 1.86. The van der Waals surface area contributed by atoms with Gasteiger partial charge in [-0.05, 0) is 61.2 Å². The molecule has 162 valence electrons. The van der Waals surface area contributed by atoms with Crippen LogP contribution in [-0.2, 0) is 17.4 Å². The maximum Gasteiger partial charge on any atom is 0.418 e. The molecule has 4 nitrogen and oxygen atoms in total. The first-order valence-corrected chi connectivity index (χ1v) is 9.92. The van der Waals surface area contributed by atoms with Gasteiger partial charge in [-0.2, -0.15) is 13.2 Å². The van der Waals surface area contributed by atoms with E-state index < -0.39 is 23.7 Å². The van der Waals surface area contributed by atoms with Gasteiger partial charge in [0.15, 0.2) is 0 Å². The molecule has 3 rings (SSSR count). The molecule has 0 saturated carbocycles. The van der Waals surface area contributed by atoms with Crippen molar-refractivity contribution in [3.63, 3.8) is 0 Å². The first-order valence-electron chi connectivity index (χ1n) is 9.92. The average Bonchev–Trinajstić information content (AvgIpc) is 2.73. The molecule has 1 heterocycles. The van der Waals surface area contributed by atoms with Crippen molar-refractivity contribution in [3.05, 3.63) is 94.8 Å². The van der Waals surface area contributed by atoms with Crippen molar-refractivity contribution < 1.29 is 18.0 Å². The highest BCUT2D eigenvalue weighted by atomic mass is 19.4. The van der Waals surface area contributed by atoms with Gasteiger partial charge in [0.05, 0.1) is 5.56 Å². The molecule has 1 unspecified atom stereocenters. The summed E-state index contributed by atoms with van der Waals surface area (Å²) in [5.74, 6) is -0.392. The number of carbonyl (C=O) groups is 1. The highest BCUT2D eigenvalue weighted by Crippen LogP contribution is 2.37. The molecule has 3 aromatic rings. The number of rotatable bonds is 7. The van der Waals surface area contributed by atoms with Crippen LogP contribution in [0.5, 0.6) is 0 Å². The maximum atomic E-state index is 13.6. The number of anilines is 1. The number of carbonyl (C=O) groups excluding carboxylic acids is 1. The van der Waals surface area contributed by atoms with E-state index in [1.165, 1.54) is 6.07 Å². The summed E-state index contributed by atoms with van der Waals surface area (Å²) in [5.41, 5.74) is 2.01. The first-order chi connectivity index (χ1) is 14.8. The number of hydrogen-bond donors (Lipinski definition) is 2. The van der Waals surface area contributed by atoms with Crippen LogP contribution in [0.3, 0.4) is 0 Å². The number of nitrogens with zero attached hydrogens (tertiary/aromatic N) is 1. The molecular weight excluding hydrogens is 403 g/mol. The number of aryl methyl sites for hydroxylation is 2. The summed E-state index contributed by atoms with van der Waals surface area (Å²) in [7, 11) is 0. The van der Waals surface area contributed by atoms with Crippen LogP contribution in [-0.4, -0.2) is 17.4 Å². The van der Waals surface area contributed by atoms with E-state index in [0.717, 1.165) is 17.2 Å². The van der Waals surface area contributed by atoms with Gasteiger partial charge in [0.2, 0.25) is 5.91 Å². The van der Waals surface area contributed by atoms with Crippen LogP contribution in [0.2, 0.25) is 0 Å². The van der Waals surface area contributed by atoms with Crippen LogP contribution in [0.4, 0.5) is 18.9 Å². The number of amides is 1. The lowest BCUT2D eigenvalue weighted by Gasteiger charge is -2.24. The normalized spacial score (nSPS) is 12.3. The fourth-order valence-corrected chi connectivity index (χ4v) is 3.35. The lowest BCUT2D eigenvalue weighted by atomic mass is 9.99. The molecule has 2 aromatic carbocycles. The van der Waals surface area contributed by atoms with E-state index in [9.17, 15) is 18.0 Å². The first kappa shape index (κ1) is 22.3. The van der Waals surface area contributed by atoms with Gasteiger partial charge in [-0.25, -0.2) is 0 Å². The summed E-state index contributed by atoms with van der Waals surface area (Å²) in [6.07, 6.45) is -0.606. The van der Waals surface area contributed by atoms with Gasteiger partial charge < -0.3 is 10.6 Å². The van der Waals surface area contributed by atoms with Crippen LogP contribution >= 0.6 is 0 Å². The van der Waals surface area contributed by atoms with Crippen LogP contribution in [0.1, 0.15) is 33.9 Å². The molecule has 0 bridgehead atoms. The van der Waals surface area contributed by atoms with Crippen molar-refractivity contribution in [3.8, 4) is 0 Å². The zero-order valence-corrected chi connectivity index (χ0v) is 17.3. The van der Waals surface area contributed by atoms with E-state index in [4.69, 9.17) is 0 Å². The van der Waals surface area contributed by atoms with Crippen LogP contribution in [0.25, 0.3) is 0 Å². The smallest absolute Gasteiger partial charge is 0.370 e. The largest absolute Gasteiger partial charge is 0.418 e. The molecule has 0 spiro atoms. The monoisotopic (exact) mass is 427 g/mol. The third-order valence-electron chi connectivity index (χ3n) is 5.00. The number of aromatic nitrogens is 1.